The first-order valence-corrected chi connectivity index (χ1v) is 8.04. The Morgan fingerprint density at radius 3 is 2.36 bits per heavy atom. The summed E-state index contributed by atoms with van der Waals surface area (Å²) in [6.45, 7) is 4.03. The van der Waals surface area contributed by atoms with Gasteiger partial charge in [-0.05, 0) is 49.2 Å². The average Bonchev–Trinajstić information content (AvgIpc) is 2.56. The molecule has 0 bridgehead atoms. The van der Waals surface area contributed by atoms with E-state index in [1.54, 1.807) is 24.3 Å². The van der Waals surface area contributed by atoms with Gasteiger partial charge in [-0.25, -0.2) is 4.68 Å². The first kappa shape index (κ1) is 16.7. The molecule has 1 aromatic heterocycles. The van der Waals surface area contributed by atoms with E-state index < -0.39 is 0 Å². The lowest BCUT2D eigenvalue weighted by Crippen LogP contribution is -2.31. The number of fused-ring (bicyclic) bond motifs is 1. The monoisotopic (exact) mass is 337 g/mol. The molecule has 3 aromatic rings. The molecule has 0 atom stereocenters. The molecule has 25 heavy (non-hydrogen) atoms. The molecule has 0 spiro atoms. The zero-order chi connectivity index (χ0) is 18.0. The lowest BCUT2D eigenvalue weighted by atomic mass is 10.1. The van der Waals surface area contributed by atoms with Crippen molar-refractivity contribution >= 4 is 22.4 Å². The summed E-state index contributed by atoms with van der Waals surface area (Å²) < 4.78 is 1.19. The molecule has 2 aromatic carbocycles. The summed E-state index contributed by atoms with van der Waals surface area (Å²) in [5, 5.41) is 6.04. The minimum absolute atomic E-state index is 0.0845. The third-order valence-electron chi connectivity index (χ3n) is 3.95. The van der Waals surface area contributed by atoms with Gasteiger partial charge in [0, 0.05) is 12.1 Å². The topological polar surface area (TPSA) is 84.0 Å². The molecule has 0 fully saturated rings. The van der Waals surface area contributed by atoms with Crippen LogP contribution in [0.15, 0.2) is 52.1 Å². The molecule has 0 aliphatic heterocycles. The Bertz CT molecular complexity index is 1040. The molecule has 1 amide bonds. The first-order chi connectivity index (χ1) is 11.9. The average molecular weight is 337 g/mol. The van der Waals surface area contributed by atoms with Crippen molar-refractivity contribution in [2.45, 2.75) is 26.8 Å². The van der Waals surface area contributed by atoms with Gasteiger partial charge in [0.2, 0.25) is 5.91 Å². The van der Waals surface area contributed by atoms with Gasteiger partial charge in [-0.1, -0.05) is 18.2 Å². The van der Waals surface area contributed by atoms with Gasteiger partial charge < -0.3 is 5.32 Å². The van der Waals surface area contributed by atoms with E-state index in [0.717, 1.165) is 16.8 Å². The van der Waals surface area contributed by atoms with Gasteiger partial charge in [0.1, 0.15) is 0 Å². The van der Waals surface area contributed by atoms with Gasteiger partial charge in [-0.2, -0.15) is 0 Å². The number of hydrogen-bond donors (Lipinski definition) is 2. The van der Waals surface area contributed by atoms with Gasteiger partial charge in [0.15, 0.2) is 0 Å². The normalized spacial score (nSPS) is 10.8. The number of rotatable bonds is 4. The van der Waals surface area contributed by atoms with Crippen LogP contribution in [-0.4, -0.2) is 15.7 Å². The predicted octanol–water partition coefficient (Wildman–Crippen LogP) is 2.34. The fraction of sp³-hybridized carbons (Fsp3) is 0.211. The van der Waals surface area contributed by atoms with Crippen LogP contribution in [-0.2, 0) is 11.3 Å². The molecule has 6 heteroatoms. The van der Waals surface area contributed by atoms with Crippen molar-refractivity contribution in [3.05, 3.63) is 74.3 Å². The predicted molar refractivity (Wildman–Crippen MR) is 98.0 cm³/mol. The van der Waals surface area contributed by atoms with Crippen molar-refractivity contribution in [3.63, 3.8) is 0 Å². The molecule has 0 aliphatic rings. The lowest BCUT2D eigenvalue weighted by molar-refractivity contribution is -0.116. The maximum absolute atomic E-state index is 12.4. The molecule has 2 N–H and O–H groups in total. The Morgan fingerprint density at radius 1 is 1.04 bits per heavy atom. The maximum atomic E-state index is 12.4. The molecular formula is C19H19N3O3. The van der Waals surface area contributed by atoms with Crippen molar-refractivity contribution < 1.29 is 4.79 Å². The number of H-pyrrole nitrogens is 1. The summed E-state index contributed by atoms with van der Waals surface area (Å²) in [5.74, 6) is -0.217. The molecule has 0 aliphatic carbocycles. The molecule has 0 radical (unpaired) electrons. The van der Waals surface area contributed by atoms with Gasteiger partial charge in [0.25, 0.3) is 11.1 Å². The Labute approximate surface area is 144 Å². The second kappa shape index (κ2) is 6.76. The maximum Gasteiger partial charge on any atom is 0.273 e. The summed E-state index contributed by atoms with van der Waals surface area (Å²) in [5.41, 5.74) is 2.19. The second-order valence-corrected chi connectivity index (χ2v) is 6.12. The summed E-state index contributed by atoms with van der Waals surface area (Å²) in [4.78, 5) is 36.6. The van der Waals surface area contributed by atoms with Gasteiger partial charge in [-0.15, -0.1) is 0 Å². The highest BCUT2D eigenvalue weighted by molar-refractivity contribution is 5.90. The fourth-order valence-electron chi connectivity index (χ4n) is 2.89. The van der Waals surface area contributed by atoms with Crippen molar-refractivity contribution in [1.29, 1.82) is 0 Å². The number of nitrogens with one attached hydrogen (secondary N) is 2. The minimum Gasteiger partial charge on any atom is -0.326 e. The van der Waals surface area contributed by atoms with E-state index in [1.165, 1.54) is 4.68 Å². The van der Waals surface area contributed by atoms with Gasteiger partial charge >= 0.3 is 0 Å². The molecule has 3 rings (SSSR count). The summed E-state index contributed by atoms with van der Waals surface area (Å²) >= 11 is 0. The van der Waals surface area contributed by atoms with Crippen LogP contribution in [0, 0.1) is 13.8 Å². The van der Waals surface area contributed by atoms with Crippen molar-refractivity contribution in [3.8, 4) is 0 Å². The molecule has 1 heterocycles. The van der Waals surface area contributed by atoms with Crippen LogP contribution < -0.4 is 16.4 Å². The zero-order valence-corrected chi connectivity index (χ0v) is 14.1. The number of nitrogens with zero attached hydrogens (tertiary/aromatic N) is 1. The molecule has 0 saturated carbocycles. The van der Waals surface area contributed by atoms with Crippen LogP contribution in [0.5, 0.6) is 0 Å². The third kappa shape index (κ3) is 3.68. The Morgan fingerprint density at radius 2 is 1.68 bits per heavy atom. The SMILES string of the molecule is Cc1cc(C)cc(NC(=O)CCn2[nH]c(=O)c3ccccc3c2=O)c1. The van der Waals surface area contributed by atoms with E-state index >= 15 is 0 Å². The first-order valence-electron chi connectivity index (χ1n) is 8.04. The smallest absolute Gasteiger partial charge is 0.273 e. The van der Waals surface area contributed by atoms with Crippen molar-refractivity contribution in [2.75, 3.05) is 5.32 Å². The Hall–Kier alpha value is -3.15. The molecule has 0 unspecified atom stereocenters. The van der Waals surface area contributed by atoms with Crippen LogP contribution in [0.3, 0.4) is 0 Å². The summed E-state index contributed by atoms with van der Waals surface area (Å²) in [7, 11) is 0. The van der Waals surface area contributed by atoms with Crippen LogP contribution in [0.1, 0.15) is 17.5 Å². The Balaban J connectivity index is 1.76. The largest absolute Gasteiger partial charge is 0.326 e. The van der Waals surface area contributed by atoms with E-state index in [1.807, 2.05) is 32.0 Å². The van der Waals surface area contributed by atoms with Crippen molar-refractivity contribution in [1.82, 2.24) is 9.78 Å². The van der Waals surface area contributed by atoms with Crippen LogP contribution in [0.4, 0.5) is 5.69 Å². The quantitative estimate of drug-likeness (QED) is 0.766. The number of aryl methyl sites for hydroxylation is 3. The number of hydrogen-bond acceptors (Lipinski definition) is 3. The highest BCUT2D eigenvalue weighted by Crippen LogP contribution is 2.14. The Kier molecular flexibility index (Phi) is 4.52. The van der Waals surface area contributed by atoms with Crippen LogP contribution >= 0.6 is 0 Å². The van der Waals surface area contributed by atoms with Gasteiger partial charge in [-0.3, -0.25) is 19.5 Å². The molecule has 6 nitrogen and oxygen atoms in total. The number of benzene rings is 2. The number of carbonyl (C=O) groups is 1. The number of amides is 1. The standard InChI is InChI=1S/C19H19N3O3/c1-12-9-13(2)11-14(10-12)20-17(23)7-8-22-19(25)16-6-4-3-5-15(16)18(24)21-22/h3-6,9-11H,7-8H2,1-2H3,(H,20,23)(H,21,24). The number of aromatic nitrogens is 2. The molecular weight excluding hydrogens is 318 g/mol. The summed E-state index contributed by atoms with van der Waals surface area (Å²) in [6, 6.07) is 12.4. The second-order valence-electron chi connectivity index (χ2n) is 6.12. The highest BCUT2D eigenvalue weighted by atomic mass is 16.2. The molecule has 128 valence electrons. The lowest BCUT2D eigenvalue weighted by Gasteiger charge is -2.09. The minimum atomic E-state index is -0.343. The van der Waals surface area contributed by atoms with Gasteiger partial charge in [0.05, 0.1) is 17.3 Å². The number of carbonyl (C=O) groups excluding carboxylic acids is 1. The van der Waals surface area contributed by atoms with Crippen LogP contribution in [0.2, 0.25) is 0 Å². The molecule has 0 saturated heterocycles. The zero-order valence-electron chi connectivity index (χ0n) is 14.1. The fourth-order valence-corrected chi connectivity index (χ4v) is 2.89. The van der Waals surface area contributed by atoms with Crippen LogP contribution in [0.25, 0.3) is 10.8 Å². The van der Waals surface area contributed by atoms with E-state index in [4.69, 9.17) is 0 Å². The van der Waals surface area contributed by atoms with E-state index in [0.29, 0.717) is 10.8 Å². The van der Waals surface area contributed by atoms with E-state index in [9.17, 15) is 14.4 Å². The van der Waals surface area contributed by atoms with E-state index in [-0.39, 0.29) is 30.0 Å². The number of anilines is 1. The summed E-state index contributed by atoms with van der Waals surface area (Å²) in [6.07, 6.45) is 0.0845. The van der Waals surface area contributed by atoms with Crippen molar-refractivity contribution in [2.24, 2.45) is 0 Å². The van der Waals surface area contributed by atoms with E-state index in [2.05, 4.69) is 10.4 Å². The third-order valence-corrected chi connectivity index (χ3v) is 3.95. The highest BCUT2D eigenvalue weighted by Gasteiger charge is 2.09. The number of aromatic amines is 1.